The van der Waals surface area contributed by atoms with Crippen LogP contribution in [0.4, 0.5) is 5.82 Å². The van der Waals surface area contributed by atoms with Gasteiger partial charge in [0.2, 0.25) is 0 Å². The van der Waals surface area contributed by atoms with Crippen molar-refractivity contribution in [2.24, 2.45) is 0 Å². The highest BCUT2D eigenvalue weighted by molar-refractivity contribution is 5.94. The average molecular weight is 257 g/mol. The van der Waals surface area contributed by atoms with Crippen molar-refractivity contribution in [3.63, 3.8) is 0 Å². The molecule has 19 heavy (non-hydrogen) atoms. The summed E-state index contributed by atoms with van der Waals surface area (Å²) in [5.74, 6) is 0.130. The van der Waals surface area contributed by atoms with Crippen molar-refractivity contribution in [2.75, 3.05) is 11.9 Å². The van der Waals surface area contributed by atoms with Gasteiger partial charge >= 0.3 is 5.97 Å². The Bertz CT molecular complexity index is 543. The lowest BCUT2D eigenvalue weighted by molar-refractivity contribution is 0.0527. The second-order valence-electron chi connectivity index (χ2n) is 3.79. The third-order valence-corrected chi connectivity index (χ3v) is 2.47. The number of carbonyl (C=O) groups excluding carboxylic acids is 1. The monoisotopic (exact) mass is 257 g/mol. The van der Waals surface area contributed by atoms with E-state index in [1.165, 1.54) is 0 Å². The van der Waals surface area contributed by atoms with E-state index in [0.29, 0.717) is 24.5 Å². The summed E-state index contributed by atoms with van der Waals surface area (Å²) in [7, 11) is 0. The van der Waals surface area contributed by atoms with Gasteiger partial charge in [0.15, 0.2) is 0 Å². The van der Waals surface area contributed by atoms with Gasteiger partial charge in [0, 0.05) is 12.4 Å². The molecule has 2 rings (SSSR count). The van der Waals surface area contributed by atoms with Crippen LogP contribution in [0.15, 0.2) is 42.7 Å². The van der Waals surface area contributed by atoms with Gasteiger partial charge in [0.25, 0.3) is 0 Å². The molecule has 0 saturated carbocycles. The number of aromatic nitrogens is 2. The summed E-state index contributed by atoms with van der Waals surface area (Å²) in [6.07, 6.45) is 3.35. The minimum Gasteiger partial charge on any atom is -0.462 e. The highest BCUT2D eigenvalue weighted by Gasteiger charge is 2.12. The highest BCUT2D eigenvalue weighted by Crippen LogP contribution is 2.13. The molecule has 0 bridgehead atoms. The number of nitrogens with zero attached hydrogens (tertiary/aromatic N) is 2. The van der Waals surface area contributed by atoms with E-state index in [1.807, 2.05) is 18.2 Å². The maximum Gasteiger partial charge on any atom is 0.341 e. The van der Waals surface area contributed by atoms with Crippen LogP contribution in [-0.4, -0.2) is 22.5 Å². The predicted molar refractivity (Wildman–Crippen MR) is 71.8 cm³/mol. The van der Waals surface area contributed by atoms with Crippen molar-refractivity contribution in [3.8, 4) is 0 Å². The highest BCUT2D eigenvalue weighted by atomic mass is 16.5. The first kappa shape index (κ1) is 13.0. The molecule has 2 aromatic heterocycles. The molecule has 2 heterocycles. The first-order chi connectivity index (χ1) is 9.31. The van der Waals surface area contributed by atoms with E-state index in [4.69, 9.17) is 4.74 Å². The molecule has 0 atom stereocenters. The van der Waals surface area contributed by atoms with Crippen molar-refractivity contribution in [1.82, 2.24) is 9.97 Å². The number of nitrogens with one attached hydrogen (secondary N) is 1. The average Bonchev–Trinajstić information content (AvgIpc) is 2.47. The molecule has 5 nitrogen and oxygen atoms in total. The van der Waals surface area contributed by atoms with Gasteiger partial charge in [-0.25, -0.2) is 9.78 Å². The zero-order valence-electron chi connectivity index (χ0n) is 10.7. The molecule has 98 valence electrons. The van der Waals surface area contributed by atoms with E-state index in [-0.39, 0.29) is 5.97 Å². The lowest BCUT2D eigenvalue weighted by Gasteiger charge is -2.09. The zero-order valence-corrected chi connectivity index (χ0v) is 10.7. The van der Waals surface area contributed by atoms with Crippen molar-refractivity contribution < 1.29 is 9.53 Å². The fourth-order valence-electron chi connectivity index (χ4n) is 1.60. The number of pyridine rings is 2. The molecule has 0 unspecified atom stereocenters. The Labute approximate surface area is 111 Å². The minimum atomic E-state index is -0.376. The molecule has 0 fully saturated rings. The van der Waals surface area contributed by atoms with Gasteiger partial charge in [0.05, 0.1) is 18.8 Å². The molecule has 5 heteroatoms. The van der Waals surface area contributed by atoms with Crippen LogP contribution in [-0.2, 0) is 11.3 Å². The summed E-state index contributed by atoms with van der Waals surface area (Å²) < 4.78 is 4.99. The van der Waals surface area contributed by atoms with Gasteiger partial charge in [-0.15, -0.1) is 0 Å². The van der Waals surface area contributed by atoms with Crippen LogP contribution < -0.4 is 5.32 Å². The molecule has 2 aromatic rings. The van der Waals surface area contributed by atoms with Crippen LogP contribution in [0.25, 0.3) is 0 Å². The molecule has 0 aromatic carbocycles. The number of hydrogen-bond acceptors (Lipinski definition) is 5. The van der Waals surface area contributed by atoms with Crippen LogP contribution in [0.5, 0.6) is 0 Å². The number of rotatable bonds is 5. The number of hydrogen-bond donors (Lipinski definition) is 1. The normalized spacial score (nSPS) is 9.95. The second-order valence-corrected chi connectivity index (χ2v) is 3.79. The smallest absolute Gasteiger partial charge is 0.341 e. The number of anilines is 1. The Kier molecular flexibility index (Phi) is 4.44. The molecule has 0 spiro atoms. The molecule has 0 aliphatic rings. The fourth-order valence-corrected chi connectivity index (χ4v) is 1.60. The fraction of sp³-hybridized carbons (Fsp3) is 0.214. The summed E-state index contributed by atoms with van der Waals surface area (Å²) >= 11 is 0. The van der Waals surface area contributed by atoms with E-state index in [0.717, 1.165) is 5.69 Å². The number of carbonyl (C=O) groups is 1. The maximum atomic E-state index is 11.8. The van der Waals surface area contributed by atoms with Gasteiger partial charge in [-0.2, -0.15) is 0 Å². The maximum absolute atomic E-state index is 11.8. The summed E-state index contributed by atoms with van der Waals surface area (Å²) in [5.41, 5.74) is 1.31. The molecule has 0 radical (unpaired) electrons. The molecule has 0 aliphatic heterocycles. The Morgan fingerprint density at radius 3 is 2.79 bits per heavy atom. The van der Waals surface area contributed by atoms with Crippen LogP contribution in [0.2, 0.25) is 0 Å². The predicted octanol–water partition coefficient (Wildman–Crippen LogP) is 2.27. The summed E-state index contributed by atoms with van der Waals surface area (Å²) in [6.45, 7) is 2.62. The second kappa shape index (κ2) is 6.49. The van der Waals surface area contributed by atoms with Crippen molar-refractivity contribution in [3.05, 3.63) is 54.0 Å². The number of esters is 1. The zero-order chi connectivity index (χ0) is 13.5. The van der Waals surface area contributed by atoms with Crippen LogP contribution in [0.3, 0.4) is 0 Å². The SMILES string of the molecule is CCOC(=O)c1cccnc1NCc1ccccn1. The quantitative estimate of drug-likeness (QED) is 0.832. The van der Waals surface area contributed by atoms with E-state index < -0.39 is 0 Å². The lowest BCUT2D eigenvalue weighted by atomic mass is 10.2. The Balaban J connectivity index is 2.10. The molecule has 0 amide bonds. The third kappa shape index (κ3) is 3.51. The Morgan fingerprint density at radius 1 is 1.21 bits per heavy atom. The Morgan fingerprint density at radius 2 is 2.05 bits per heavy atom. The largest absolute Gasteiger partial charge is 0.462 e. The van der Waals surface area contributed by atoms with Crippen LogP contribution >= 0.6 is 0 Å². The summed E-state index contributed by atoms with van der Waals surface area (Å²) in [4.78, 5) is 20.1. The van der Waals surface area contributed by atoms with E-state index >= 15 is 0 Å². The van der Waals surface area contributed by atoms with Gasteiger partial charge in [-0.05, 0) is 31.2 Å². The minimum absolute atomic E-state index is 0.341. The van der Waals surface area contributed by atoms with Crippen molar-refractivity contribution in [1.29, 1.82) is 0 Å². The molecule has 0 saturated heterocycles. The first-order valence-corrected chi connectivity index (χ1v) is 6.07. The van der Waals surface area contributed by atoms with Gasteiger partial charge in [-0.1, -0.05) is 6.07 Å². The van der Waals surface area contributed by atoms with E-state index in [1.54, 1.807) is 31.5 Å². The van der Waals surface area contributed by atoms with Crippen molar-refractivity contribution in [2.45, 2.75) is 13.5 Å². The van der Waals surface area contributed by atoms with Crippen LogP contribution in [0, 0.1) is 0 Å². The molecule has 0 aliphatic carbocycles. The molecule has 1 N–H and O–H groups in total. The van der Waals surface area contributed by atoms with Gasteiger partial charge in [-0.3, -0.25) is 4.98 Å². The van der Waals surface area contributed by atoms with Gasteiger partial charge in [0.1, 0.15) is 11.4 Å². The topological polar surface area (TPSA) is 64.1 Å². The van der Waals surface area contributed by atoms with E-state index in [2.05, 4.69) is 15.3 Å². The summed E-state index contributed by atoms with van der Waals surface area (Å²) in [6, 6.07) is 9.06. The Hall–Kier alpha value is -2.43. The first-order valence-electron chi connectivity index (χ1n) is 6.07. The van der Waals surface area contributed by atoms with Crippen molar-refractivity contribution >= 4 is 11.8 Å². The molecular formula is C14H15N3O2. The summed E-state index contributed by atoms with van der Waals surface area (Å²) in [5, 5.41) is 3.09. The van der Waals surface area contributed by atoms with E-state index in [9.17, 15) is 4.79 Å². The third-order valence-electron chi connectivity index (χ3n) is 2.47. The lowest BCUT2D eigenvalue weighted by Crippen LogP contribution is -2.11. The van der Waals surface area contributed by atoms with Crippen LogP contribution in [0.1, 0.15) is 23.0 Å². The molecular weight excluding hydrogens is 242 g/mol. The standard InChI is InChI=1S/C14H15N3O2/c1-2-19-14(18)12-7-5-9-16-13(12)17-10-11-6-3-4-8-15-11/h3-9H,2,10H2,1H3,(H,16,17). The number of ether oxygens (including phenoxy) is 1. The van der Waals surface area contributed by atoms with Gasteiger partial charge < -0.3 is 10.1 Å².